The standard InChI is InChI=1S/C15H18BrF2NO2/c16-10-7-12(17)15(18)13(8-10)21-9-14(20)19-11-5-3-1-2-4-6-11/h7-8,11H,1-6,9H2,(H,19,20). The minimum Gasteiger partial charge on any atom is -0.481 e. The number of nitrogens with one attached hydrogen (secondary N) is 1. The molecule has 1 N–H and O–H groups in total. The molecule has 6 heteroatoms. The minimum absolute atomic E-state index is 0.160. The molecular formula is C15H18BrF2NO2. The highest BCUT2D eigenvalue weighted by Gasteiger charge is 2.16. The fraction of sp³-hybridized carbons (Fsp3) is 0.533. The van der Waals surface area contributed by atoms with Crippen molar-refractivity contribution in [3.05, 3.63) is 28.2 Å². The van der Waals surface area contributed by atoms with E-state index in [9.17, 15) is 13.6 Å². The Kier molecular flexibility index (Phi) is 5.96. The van der Waals surface area contributed by atoms with Gasteiger partial charge in [0.15, 0.2) is 18.2 Å². The lowest BCUT2D eigenvalue weighted by Crippen LogP contribution is -2.37. The van der Waals surface area contributed by atoms with E-state index in [1.54, 1.807) is 0 Å². The molecular weight excluding hydrogens is 344 g/mol. The first kappa shape index (κ1) is 16.2. The molecule has 3 nitrogen and oxygen atoms in total. The van der Waals surface area contributed by atoms with Crippen LogP contribution >= 0.6 is 15.9 Å². The van der Waals surface area contributed by atoms with Crippen LogP contribution < -0.4 is 10.1 Å². The number of ether oxygens (including phenoxy) is 1. The largest absolute Gasteiger partial charge is 0.481 e. The normalized spacial score (nSPS) is 16.3. The van der Waals surface area contributed by atoms with Crippen LogP contribution in [-0.4, -0.2) is 18.6 Å². The summed E-state index contributed by atoms with van der Waals surface area (Å²) in [5.41, 5.74) is 0. The number of rotatable bonds is 4. The predicted octanol–water partition coefficient (Wildman–Crippen LogP) is 3.95. The van der Waals surface area contributed by atoms with E-state index in [0.29, 0.717) is 4.47 Å². The van der Waals surface area contributed by atoms with E-state index >= 15 is 0 Å². The van der Waals surface area contributed by atoms with Gasteiger partial charge in [0.25, 0.3) is 5.91 Å². The average Bonchev–Trinajstić information content (AvgIpc) is 2.70. The Morgan fingerprint density at radius 1 is 1.24 bits per heavy atom. The van der Waals surface area contributed by atoms with Gasteiger partial charge in [0, 0.05) is 10.5 Å². The van der Waals surface area contributed by atoms with Gasteiger partial charge in [-0.05, 0) is 25.0 Å². The molecule has 1 fully saturated rings. The molecule has 1 aliphatic rings. The third kappa shape index (κ3) is 4.95. The molecule has 0 heterocycles. The van der Waals surface area contributed by atoms with Crippen molar-refractivity contribution in [3.63, 3.8) is 0 Å². The molecule has 0 aliphatic heterocycles. The Morgan fingerprint density at radius 2 is 1.90 bits per heavy atom. The zero-order valence-corrected chi connectivity index (χ0v) is 13.2. The van der Waals surface area contributed by atoms with E-state index in [0.717, 1.165) is 31.7 Å². The highest BCUT2D eigenvalue weighted by Crippen LogP contribution is 2.25. The molecule has 2 rings (SSSR count). The van der Waals surface area contributed by atoms with Crippen molar-refractivity contribution in [2.75, 3.05) is 6.61 Å². The van der Waals surface area contributed by atoms with Gasteiger partial charge in [-0.25, -0.2) is 4.39 Å². The lowest BCUT2D eigenvalue weighted by Gasteiger charge is -2.16. The van der Waals surface area contributed by atoms with Gasteiger partial charge in [0.05, 0.1) is 0 Å². The van der Waals surface area contributed by atoms with E-state index < -0.39 is 11.6 Å². The number of carbonyl (C=O) groups is 1. The summed E-state index contributed by atoms with van der Waals surface area (Å²) in [6, 6.07) is 2.47. The lowest BCUT2D eigenvalue weighted by molar-refractivity contribution is -0.123. The molecule has 0 atom stereocenters. The fourth-order valence-corrected chi connectivity index (χ4v) is 2.88. The first-order valence-corrected chi connectivity index (χ1v) is 7.92. The Hall–Kier alpha value is -1.17. The first-order valence-electron chi connectivity index (χ1n) is 7.13. The summed E-state index contributed by atoms with van der Waals surface area (Å²) in [7, 11) is 0. The van der Waals surface area contributed by atoms with Gasteiger partial charge in [0.1, 0.15) is 0 Å². The lowest BCUT2D eigenvalue weighted by atomic mass is 10.1. The van der Waals surface area contributed by atoms with Crippen molar-refractivity contribution in [1.82, 2.24) is 5.32 Å². The van der Waals surface area contributed by atoms with Crippen molar-refractivity contribution < 1.29 is 18.3 Å². The maximum atomic E-state index is 13.5. The van der Waals surface area contributed by atoms with Crippen LogP contribution in [0.4, 0.5) is 8.78 Å². The van der Waals surface area contributed by atoms with Crippen molar-refractivity contribution >= 4 is 21.8 Å². The zero-order valence-electron chi connectivity index (χ0n) is 11.6. The van der Waals surface area contributed by atoms with Gasteiger partial charge in [0.2, 0.25) is 5.82 Å². The van der Waals surface area contributed by atoms with E-state index in [4.69, 9.17) is 4.74 Å². The van der Waals surface area contributed by atoms with Crippen molar-refractivity contribution in [2.45, 2.75) is 44.6 Å². The SMILES string of the molecule is O=C(COc1cc(Br)cc(F)c1F)NC1CCCCCC1. The van der Waals surface area contributed by atoms with Gasteiger partial charge in [-0.15, -0.1) is 0 Å². The summed E-state index contributed by atoms with van der Waals surface area (Å²) < 4.78 is 32.1. The van der Waals surface area contributed by atoms with Gasteiger partial charge < -0.3 is 10.1 Å². The Bertz CT molecular complexity index is 503. The molecule has 1 amide bonds. The highest BCUT2D eigenvalue weighted by molar-refractivity contribution is 9.10. The van der Waals surface area contributed by atoms with Crippen molar-refractivity contribution in [3.8, 4) is 5.75 Å². The molecule has 116 valence electrons. The highest BCUT2D eigenvalue weighted by atomic mass is 79.9. The monoisotopic (exact) mass is 361 g/mol. The van der Waals surface area contributed by atoms with Crippen molar-refractivity contribution in [1.29, 1.82) is 0 Å². The second kappa shape index (κ2) is 7.73. The third-order valence-electron chi connectivity index (χ3n) is 3.54. The molecule has 1 aromatic rings. The topological polar surface area (TPSA) is 38.3 Å². The zero-order chi connectivity index (χ0) is 15.2. The van der Waals surface area contributed by atoms with Crippen LogP contribution in [0.2, 0.25) is 0 Å². The molecule has 1 aromatic carbocycles. The van der Waals surface area contributed by atoms with E-state index in [2.05, 4.69) is 21.2 Å². The van der Waals surface area contributed by atoms with Gasteiger partial charge in [-0.1, -0.05) is 41.6 Å². The maximum Gasteiger partial charge on any atom is 0.258 e. The predicted molar refractivity (Wildman–Crippen MR) is 79.2 cm³/mol. The molecule has 1 saturated carbocycles. The average molecular weight is 362 g/mol. The molecule has 0 unspecified atom stereocenters. The van der Waals surface area contributed by atoms with Crippen LogP contribution in [0.15, 0.2) is 16.6 Å². The molecule has 1 aliphatic carbocycles. The summed E-state index contributed by atoms with van der Waals surface area (Å²) >= 11 is 3.06. The number of benzene rings is 1. The second-order valence-electron chi connectivity index (χ2n) is 5.24. The summed E-state index contributed by atoms with van der Waals surface area (Å²) in [5.74, 6) is -2.66. The molecule has 0 radical (unpaired) electrons. The fourth-order valence-electron chi connectivity index (χ4n) is 2.47. The number of carbonyl (C=O) groups excluding carboxylic acids is 1. The molecule has 0 saturated heterocycles. The summed E-state index contributed by atoms with van der Waals surface area (Å²) in [4.78, 5) is 11.8. The minimum atomic E-state index is -1.08. The molecule has 0 bridgehead atoms. The van der Waals surface area contributed by atoms with Crippen LogP contribution in [0.1, 0.15) is 38.5 Å². The van der Waals surface area contributed by atoms with Crippen molar-refractivity contribution in [2.24, 2.45) is 0 Å². The van der Waals surface area contributed by atoms with Gasteiger partial charge >= 0.3 is 0 Å². The summed E-state index contributed by atoms with van der Waals surface area (Å²) in [5, 5.41) is 2.89. The Labute approximate surface area is 131 Å². The van der Waals surface area contributed by atoms with Crippen LogP contribution in [0.5, 0.6) is 5.75 Å². The van der Waals surface area contributed by atoms with Crippen LogP contribution in [0.3, 0.4) is 0 Å². The Balaban J connectivity index is 1.86. The second-order valence-corrected chi connectivity index (χ2v) is 6.16. The Morgan fingerprint density at radius 3 is 2.57 bits per heavy atom. The number of hydrogen-bond donors (Lipinski definition) is 1. The van der Waals surface area contributed by atoms with Gasteiger partial charge in [-0.3, -0.25) is 4.79 Å². The van der Waals surface area contributed by atoms with Gasteiger partial charge in [-0.2, -0.15) is 4.39 Å². The summed E-state index contributed by atoms with van der Waals surface area (Å²) in [6.07, 6.45) is 6.54. The van der Waals surface area contributed by atoms with Crippen LogP contribution in [0.25, 0.3) is 0 Å². The third-order valence-corrected chi connectivity index (χ3v) is 4.00. The summed E-state index contributed by atoms with van der Waals surface area (Å²) in [6.45, 7) is -0.316. The van der Waals surface area contributed by atoms with Crippen LogP contribution in [0, 0.1) is 11.6 Å². The quantitative estimate of drug-likeness (QED) is 0.651. The van der Waals surface area contributed by atoms with E-state index in [1.807, 2.05) is 0 Å². The number of hydrogen-bond acceptors (Lipinski definition) is 2. The molecule has 21 heavy (non-hydrogen) atoms. The number of halogens is 3. The van der Waals surface area contributed by atoms with E-state index in [1.165, 1.54) is 18.9 Å². The maximum absolute atomic E-state index is 13.5. The number of amides is 1. The molecule has 0 spiro atoms. The first-order chi connectivity index (χ1) is 10.1. The van der Waals surface area contributed by atoms with E-state index in [-0.39, 0.29) is 24.3 Å². The smallest absolute Gasteiger partial charge is 0.258 e. The van der Waals surface area contributed by atoms with Crippen LogP contribution in [-0.2, 0) is 4.79 Å². The molecule has 0 aromatic heterocycles.